The highest BCUT2D eigenvalue weighted by Gasteiger charge is 2.39. The molecular weight excluding hydrogens is 1090 g/mol. The molecule has 9 heteroatoms. The molecule has 0 heterocycles. The molecule has 448 valence electrons. The largest absolute Gasteiger partial charge is 0.369 e. The van der Waals surface area contributed by atoms with Crippen molar-refractivity contribution in [1.82, 2.24) is 0 Å². The maximum Gasteiger partial charge on any atom is 0.116 e. The van der Waals surface area contributed by atoms with Crippen molar-refractivity contribution in [3.63, 3.8) is 0 Å². The van der Waals surface area contributed by atoms with Gasteiger partial charge in [0.05, 0.1) is 0 Å². The third-order valence-corrected chi connectivity index (χ3v) is 18.5. The van der Waals surface area contributed by atoms with E-state index in [1.165, 1.54) is 67.8 Å². The van der Waals surface area contributed by atoms with Crippen molar-refractivity contribution < 1.29 is 18.3 Å². The second kappa shape index (κ2) is 41.3. The fraction of sp³-hybridized carbons (Fsp3) is 0.493. The van der Waals surface area contributed by atoms with Crippen LogP contribution in [0.2, 0.25) is 0 Å². The lowest BCUT2D eigenvalue weighted by Crippen LogP contribution is -2.25. The lowest BCUT2D eigenvalue weighted by atomic mass is 9.88. The van der Waals surface area contributed by atoms with Gasteiger partial charge in [0.2, 0.25) is 0 Å². The van der Waals surface area contributed by atoms with E-state index in [4.69, 9.17) is 18.3 Å². The first-order chi connectivity index (χ1) is 38.6. The first-order valence-electron chi connectivity index (χ1n) is 28.9. The average Bonchev–Trinajstić information content (AvgIpc) is 3.76. The summed E-state index contributed by atoms with van der Waals surface area (Å²) in [5, 5.41) is 0. The average molecular weight is 1210 g/mol. The van der Waals surface area contributed by atoms with Gasteiger partial charge in [-0.1, -0.05) is 267 Å². The third kappa shape index (κ3) is 31.8. The molecule has 80 heavy (non-hydrogen) atoms. The Morgan fingerprint density at radius 2 is 0.575 bits per heavy atom. The zero-order valence-corrected chi connectivity index (χ0v) is 59.2. The van der Waals surface area contributed by atoms with E-state index in [9.17, 15) is 0 Å². The van der Waals surface area contributed by atoms with Crippen molar-refractivity contribution in [2.45, 2.75) is 153 Å². The first-order valence-corrected chi connectivity index (χ1v) is 35.1. The van der Waals surface area contributed by atoms with Crippen LogP contribution in [0.25, 0.3) is 11.1 Å². The Labute approximate surface area is 523 Å². The summed E-state index contributed by atoms with van der Waals surface area (Å²) in [4.78, 5) is 0. The molecule has 0 fully saturated rings. The molecule has 0 unspecified atom stereocenters. The molecule has 1 aliphatic rings. The van der Waals surface area contributed by atoms with Crippen molar-refractivity contribution in [2.75, 3.05) is 70.4 Å². The quantitative estimate of drug-likeness (QED) is 0.140. The second-order valence-electron chi connectivity index (χ2n) is 22.1. The lowest BCUT2D eigenvalue weighted by Gasteiger charge is -2.29. The van der Waals surface area contributed by atoms with E-state index in [1.54, 1.807) is 35.2 Å². The van der Waals surface area contributed by atoms with E-state index in [-0.39, 0.29) is 16.8 Å². The Morgan fingerprint density at radius 1 is 0.362 bits per heavy atom. The van der Waals surface area contributed by atoms with E-state index in [0.717, 1.165) is 0 Å². The predicted octanol–water partition coefficient (Wildman–Crippen LogP) is 22.1. The summed E-state index contributed by atoms with van der Waals surface area (Å²) >= 11 is 10.7. The molecule has 0 amide bonds. The van der Waals surface area contributed by atoms with Crippen LogP contribution in [-0.4, -0.2) is 89.4 Å². The van der Waals surface area contributed by atoms with Gasteiger partial charge in [0, 0.05) is 44.4 Å². The first kappa shape index (κ1) is 73.4. The highest BCUT2D eigenvalue weighted by Crippen LogP contribution is 2.48. The van der Waals surface area contributed by atoms with Gasteiger partial charge in [0.1, 0.15) is 16.8 Å². The molecule has 0 aliphatic heterocycles. The van der Waals surface area contributed by atoms with Gasteiger partial charge in [-0.25, -0.2) is 0 Å². The maximum atomic E-state index is 7.05. The summed E-state index contributed by atoms with van der Waals surface area (Å²) in [6.07, 6.45) is 12.4. The highest BCUT2D eigenvalue weighted by molar-refractivity contribution is 8.00. The number of benzene rings is 6. The van der Waals surface area contributed by atoms with Crippen LogP contribution >= 0.6 is 70.6 Å². The summed E-state index contributed by atoms with van der Waals surface area (Å²) in [5.74, 6) is 2.47. The van der Waals surface area contributed by atoms with E-state index >= 15 is 0 Å². The predicted molar refractivity (Wildman–Crippen MR) is 379 cm³/mol. The van der Waals surface area contributed by atoms with Gasteiger partial charge < -0.3 is 14.2 Å². The van der Waals surface area contributed by atoms with Crippen molar-refractivity contribution in [1.29, 1.82) is 0 Å². The van der Waals surface area contributed by atoms with Crippen molar-refractivity contribution in [2.24, 2.45) is 0 Å². The lowest BCUT2D eigenvalue weighted by molar-refractivity contribution is 0.0389. The SMILES string of the molecule is CCSC.CCSC.COC(C)(c1ccccc1)c1ccccc1.COC(C)(c1ccccc1)c1ccccc1.COC1(C)c2ccccc2-c2ccccc21.CSC(C)(C)C.CSC(C)(C)C.CSC(C)(C)C.[2H]C([2H])([2H])C(C)(C)SC. The van der Waals surface area contributed by atoms with Crippen molar-refractivity contribution in [3.05, 3.63) is 203 Å². The molecule has 0 bridgehead atoms. The van der Waals surface area contributed by atoms with Gasteiger partial charge in [-0.15, -0.1) is 0 Å². The Hall–Kier alpha value is -2.70. The van der Waals surface area contributed by atoms with Crippen LogP contribution in [0.4, 0.5) is 0 Å². The number of thioether (sulfide) groups is 6. The molecule has 0 aromatic heterocycles. The molecule has 7 rings (SSSR count). The van der Waals surface area contributed by atoms with E-state index in [0.29, 0.717) is 14.2 Å². The Bertz CT molecular complexity index is 2260. The molecule has 0 spiro atoms. The number of methoxy groups -OCH3 is 3. The number of hydrogen-bond acceptors (Lipinski definition) is 9. The van der Waals surface area contributed by atoms with Crippen LogP contribution in [0.1, 0.15) is 155 Å². The van der Waals surface area contributed by atoms with E-state index in [1.807, 2.05) is 138 Å². The minimum absolute atomic E-state index is 0.298. The zero-order valence-electron chi connectivity index (χ0n) is 57.3. The molecule has 0 atom stereocenters. The summed E-state index contributed by atoms with van der Waals surface area (Å²) in [6, 6.07) is 58.1. The molecule has 0 saturated heterocycles. The summed E-state index contributed by atoms with van der Waals surface area (Å²) < 4.78 is 39.1. The van der Waals surface area contributed by atoms with Crippen LogP contribution in [-0.2, 0) is 31.0 Å². The number of fused-ring (bicyclic) bond motifs is 3. The molecule has 0 N–H and O–H groups in total. The van der Waals surface area contributed by atoms with Crippen molar-refractivity contribution in [3.8, 4) is 11.1 Å². The van der Waals surface area contributed by atoms with Gasteiger partial charge in [-0.2, -0.15) is 70.6 Å². The van der Waals surface area contributed by atoms with Crippen LogP contribution < -0.4 is 0 Å². The molecule has 0 radical (unpaired) electrons. The fourth-order valence-corrected chi connectivity index (χ4v) is 6.46. The van der Waals surface area contributed by atoms with Crippen LogP contribution in [0.3, 0.4) is 0 Å². The molecular formula is C71H110O3S6. The standard InChI is InChI=1S/C15H14O.2C15H16O.4C5H12S.2C3H8S/c1-15(16-2)13-9-5-3-7-11(13)12-8-4-6-10-14(12)15;2*1-15(16-2,13-9-5-3-6-10-13)14-11-7-4-8-12-14;4*1-5(2,3)6-4;2*1-3-4-2/h3-10H,1-2H3;2*3-12H,1-2H3;4*1-4H3;2*3H2,1-2H3/i;;;1D3;;;;;. The normalized spacial score (nSPS) is 12.7. The molecule has 6 aromatic carbocycles. The minimum atomic E-state index is -1.84. The Morgan fingerprint density at radius 3 is 0.725 bits per heavy atom. The molecule has 0 saturated carbocycles. The molecule has 3 nitrogen and oxygen atoms in total. The Balaban J connectivity index is 0. The molecule has 1 aliphatic carbocycles. The summed E-state index contributed by atoms with van der Waals surface area (Å²) in [6.45, 7) is 32.1. The second-order valence-corrected chi connectivity index (χ2v) is 30.7. The number of rotatable bonds is 9. The minimum Gasteiger partial charge on any atom is -0.369 e. The van der Waals surface area contributed by atoms with Gasteiger partial charge in [0.25, 0.3) is 0 Å². The van der Waals surface area contributed by atoms with Gasteiger partial charge in [0.15, 0.2) is 0 Å². The van der Waals surface area contributed by atoms with E-state index < -0.39 is 11.6 Å². The third-order valence-electron chi connectivity index (χ3n) is 12.6. The van der Waals surface area contributed by atoms with Crippen LogP contribution in [0.15, 0.2) is 170 Å². The topological polar surface area (TPSA) is 27.7 Å². The van der Waals surface area contributed by atoms with Gasteiger partial charge >= 0.3 is 0 Å². The monoisotopic (exact) mass is 1210 g/mol. The van der Waals surface area contributed by atoms with Crippen LogP contribution in [0.5, 0.6) is 0 Å². The van der Waals surface area contributed by atoms with Crippen LogP contribution in [0, 0.1) is 0 Å². The molecule has 6 aromatic rings. The number of hydrogen-bond donors (Lipinski definition) is 0. The maximum absolute atomic E-state index is 7.05. The van der Waals surface area contributed by atoms with Crippen molar-refractivity contribution >= 4 is 70.6 Å². The fourth-order valence-electron chi connectivity index (χ4n) is 6.46. The van der Waals surface area contributed by atoms with Gasteiger partial charge in [-0.05, 0) is 114 Å². The van der Waals surface area contributed by atoms with E-state index in [2.05, 4.69) is 225 Å². The smallest absolute Gasteiger partial charge is 0.116 e. The Kier molecular flexibility index (Phi) is 37.9. The number of ether oxygens (including phenoxy) is 3. The highest BCUT2D eigenvalue weighted by atomic mass is 32.2. The summed E-state index contributed by atoms with van der Waals surface area (Å²) in [5.41, 5.74) is 8.75. The van der Waals surface area contributed by atoms with Gasteiger partial charge in [-0.3, -0.25) is 0 Å². The summed E-state index contributed by atoms with van der Waals surface area (Å²) in [7, 11) is 5.28. The zero-order chi connectivity index (χ0) is 64.2.